The van der Waals surface area contributed by atoms with Crippen LogP contribution in [0, 0.1) is 0 Å². The summed E-state index contributed by atoms with van der Waals surface area (Å²) in [5.41, 5.74) is 2.12. The van der Waals surface area contributed by atoms with Gasteiger partial charge in [-0.3, -0.25) is 4.98 Å². The topological polar surface area (TPSA) is 45.1 Å². The molecule has 21 heavy (non-hydrogen) atoms. The lowest BCUT2D eigenvalue weighted by Gasteiger charge is -2.16. The fourth-order valence-electron chi connectivity index (χ4n) is 2.54. The van der Waals surface area contributed by atoms with Crippen LogP contribution >= 0.6 is 0 Å². The van der Waals surface area contributed by atoms with Gasteiger partial charge in [-0.1, -0.05) is 30.3 Å². The Hall–Kier alpha value is -2.39. The fourth-order valence-corrected chi connectivity index (χ4v) is 2.54. The Kier molecular flexibility index (Phi) is 3.84. The normalized spacial score (nSPS) is 12.4. The number of rotatable bonds is 4. The average Bonchev–Trinajstić information content (AvgIpc) is 2.54. The number of phenolic OH excluding ortho intramolecular Hbond substituents is 1. The molecule has 3 nitrogen and oxygen atoms in total. The summed E-state index contributed by atoms with van der Waals surface area (Å²) >= 11 is 0. The Labute approximate surface area is 124 Å². The van der Waals surface area contributed by atoms with Crippen molar-refractivity contribution < 1.29 is 5.11 Å². The Balaban J connectivity index is 1.84. The highest BCUT2D eigenvalue weighted by Crippen LogP contribution is 2.27. The number of aromatic nitrogens is 1. The molecule has 2 aromatic carbocycles. The first-order chi connectivity index (χ1) is 10.3. The van der Waals surface area contributed by atoms with Crippen LogP contribution in [0.4, 0.5) is 0 Å². The predicted molar refractivity (Wildman–Crippen MR) is 85.1 cm³/mol. The van der Waals surface area contributed by atoms with Crippen LogP contribution in [0.3, 0.4) is 0 Å². The minimum atomic E-state index is 0.200. The lowest BCUT2D eigenvalue weighted by Crippen LogP contribution is -2.18. The van der Waals surface area contributed by atoms with Gasteiger partial charge in [0.25, 0.3) is 0 Å². The van der Waals surface area contributed by atoms with Crippen LogP contribution in [0.15, 0.2) is 60.9 Å². The van der Waals surface area contributed by atoms with Crippen molar-refractivity contribution in [3.8, 4) is 5.75 Å². The van der Waals surface area contributed by atoms with Crippen LogP contribution in [0.2, 0.25) is 0 Å². The van der Waals surface area contributed by atoms with Crippen molar-refractivity contribution in [3.63, 3.8) is 0 Å². The Morgan fingerprint density at radius 3 is 2.62 bits per heavy atom. The molecule has 0 amide bonds. The van der Waals surface area contributed by atoms with Crippen molar-refractivity contribution in [1.82, 2.24) is 10.3 Å². The van der Waals surface area contributed by atoms with Crippen molar-refractivity contribution in [1.29, 1.82) is 0 Å². The summed E-state index contributed by atoms with van der Waals surface area (Å²) in [4.78, 5) is 4.03. The lowest BCUT2D eigenvalue weighted by molar-refractivity contribution is 0.462. The van der Waals surface area contributed by atoms with E-state index in [1.807, 2.05) is 36.4 Å². The highest BCUT2D eigenvalue weighted by molar-refractivity contribution is 5.87. The molecule has 0 saturated carbocycles. The van der Waals surface area contributed by atoms with Gasteiger partial charge in [-0.2, -0.15) is 0 Å². The summed E-state index contributed by atoms with van der Waals surface area (Å²) in [6.07, 6.45) is 3.59. The maximum atomic E-state index is 10.1. The second-order valence-electron chi connectivity index (χ2n) is 5.17. The van der Waals surface area contributed by atoms with Crippen LogP contribution in [0.25, 0.3) is 10.8 Å². The second-order valence-corrected chi connectivity index (χ2v) is 5.17. The molecule has 2 N–H and O–H groups in total. The van der Waals surface area contributed by atoms with Crippen molar-refractivity contribution in [3.05, 3.63) is 72.1 Å². The van der Waals surface area contributed by atoms with E-state index in [1.54, 1.807) is 18.5 Å². The van der Waals surface area contributed by atoms with Crippen molar-refractivity contribution in [2.75, 3.05) is 0 Å². The van der Waals surface area contributed by atoms with Gasteiger partial charge in [-0.15, -0.1) is 0 Å². The largest absolute Gasteiger partial charge is 0.508 e. The third kappa shape index (κ3) is 2.88. The number of phenols is 1. The van der Waals surface area contributed by atoms with Gasteiger partial charge in [-0.05, 0) is 41.5 Å². The first kappa shape index (κ1) is 13.6. The highest BCUT2D eigenvalue weighted by atomic mass is 16.3. The standard InChI is InChI=1S/C18H18N2O/c1-13(14-8-10-19-11-9-14)20-12-17-16-5-3-2-4-15(16)6-7-18(17)21/h2-11,13,20-21H,12H2,1H3. The van der Waals surface area contributed by atoms with Gasteiger partial charge in [0.2, 0.25) is 0 Å². The van der Waals surface area contributed by atoms with Gasteiger partial charge in [-0.25, -0.2) is 0 Å². The minimum Gasteiger partial charge on any atom is -0.508 e. The van der Waals surface area contributed by atoms with E-state index in [9.17, 15) is 5.11 Å². The van der Waals surface area contributed by atoms with E-state index < -0.39 is 0 Å². The van der Waals surface area contributed by atoms with Gasteiger partial charge in [0.15, 0.2) is 0 Å². The van der Waals surface area contributed by atoms with Gasteiger partial charge in [0.1, 0.15) is 5.75 Å². The van der Waals surface area contributed by atoms with E-state index in [1.165, 1.54) is 5.56 Å². The molecule has 0 bridgehead atoms. The number of pyridine rings is 1. The molecular formula is C18H18N2O. The Morgan fingerprint density at radius 1 is 1.05 bits per heavy atom. The number of fused-ring (bicyclic) bond motifs is 1. The van der Waals surface area contributed by atoms with E-state index >= 15 is 0 Å². The second kappa shape index (κ2) is 5.94. The molecule has 3 rings (SSSR count). The summed E-state index contributed by atoms with van der Waals surface area (Å²) in [5.74, 6) is 0.336. The van der Waals surface area contributed by atoms with Crippen LogP contribution in [0.1, 0.15) is 24.1 Å². The van der Waals surface area contributed by atoms with Crippen LogP contribution in [-0.2, 0) is 6.54 Å². The number of hydrogen-bond donors (Lipinski definition) is 2. The van der Waals surface area contributed by atoms with E-state index in [0.717, 1.165) is 16.3 Å². The smallest absolute Gasteiger partial charge is 0.120 e. The van der Waals surface area contributed by atoms with E-state index in [4.69, 9.17) is 0 Å². The SMILES string of the molecule is CC(NCc1c(O)ccc2ccccc12)c1ccncc1. The maximum Gasteiger partial charge on any atom is 0.120 e. The van der Waals surface area contributed by atoms with Crippen molar-refractivity contribution >= 4 is 10.8 Å². The molecule has 3 aromatic rings. The monoisotopic (exact) mass is 278 g/mol. The molecular weight excluding hydrogens is 260 g/mol. The molecule has 0 aliphatic heterocycles. The number of aromatic hydroxyl groups is 1. The van der Waals surface area contributed by atoms with Crippen molar-refractivity contribution in [2.24, 2.45) is 0 Å². The summed E-state index contributed by atoms with van der Waals surface area (Å²) in [5, 5.41) is 15.8. The zero-order chi connectivity index (χ0) is 14.7. The van der Waals surface area contributed by atoms with Crippen LogP contribution in [0.5, 0.6) is 5.75 Å². The third-order valence-electron chi connectivity index (χ3n) is 3.81. The summed E-state index contributed by atoms with van der Waals surface area (Å²) in [6.45, 7) is 2.73. The van der Waals surface area contributed by atoms with Crippen molar-refractivity contribution in [2.45, 2.75) is 19.5 Å². The van der Waals surface area contributed by atoms with E-state index in [0.29, 0.717) is 12.3 Å². The molecule has 106 valence electrons. The number of benzene rings is 2. The van der Waals surface area contributed by atoms with Gasteiger partial charge in [0.05, 0.1) is 0 Å². The number of hydrogen-bond acceptors (Lipinski definition) is 3. The quantitative estimate of drug-likeness (QED) is 0.763. The molecule has 1 atom stereocenters. The number of nitrogens with one attached hydrogen (secondary N) is 1. The van der Waals surface area contributed by atoms with Gasteiger partial charge in [0, 0.05) is 30.5 Å². The lowest BCUT2D eigenvalue weighted by atomic mass is 10.0. The summed E-state index contributed by atoms with van der Waals surface area (Å²) in [6, 6.07) is 16.0. The predicted octanol–water partition coefficient (Wildman–Crippen LogP) is 3.79. The molecule has 1 heterocycles. The van der Waals surface area contributed by atoms with E-state index in [-0.39, 0.29) is 6.04 Å². The number of nitrogens with zero attached hydrogens (tertiary/aromatic N) is 1. The first-order valence-electron chi connectivity index (χ1n) is 7.08. The molecule has 0 aliphatic carbocycles. The molecule has 3 heteroatoms. The van der Waals surface area contributed by atoms with E-state index in [2.05, 4.69) is 23.3 Å². The fraction of sp³-hybridized carbons (Fsp3) is 0.167. The van der Waals surface area contributed by atoms with Gasteiger partial charge < -0.3 is 10.4 Å². The Morgan fingerprint density at radius 2 is 1.81 bits per heavy atom. The average molecular weight is 278 g/mol. The molecule has 1 unspecified atom stereocenters. The van der Waals surface area contributed by atoms with Crippen LogP contribution < -0.4 is 5.32 Å². The first-order valence-corrected chi connectivity index (χ1v) is 7.08. The molecule has 0 aliphatic rings. The molecule has 0 fully saturated rings. The third-order valence-corrected chi connectivity index (χ3v) is 3.81. The minimum absolute atomic E-state index is 0.200. The maximum absolute atomic E-state index is 10.1. The summed E-state index contributed by atoms with van der Waals surface area (Å²) in [7, 11) is 0. The molecule has 0 saturated heterocycles. The molecule has 1 aromatic heterocycles. The van der Waals surface area contributed by atoms with Crippen LogP contribution in [-0.4, -0.2) is 10.1 Å². The molecule has 0 spiro atoms. The Bertz CT molecular complexity index is 741. The summed E-state index contributed by atoms with van der Waals surface area (Å²) < 4.78 is 0. The zero-order valence-corrected chi connectivity index (χ0v) is 12.0. The zero-order valence-electron chi connectivity index (χ0n) is 12.0. The highest BCUT2D eigenvalue weighted by Gasteiger charge is 2.09. The van der Waals surface area contributed by atoms with Gasteiger partial charge >= 0.3 is 0 Å². The molecule has 0 radical (unpaired) electrons.